The molecule has 0 amide bonds. The highest BCUT2D eigenvalue weighted by Crippen LogP contribution is 2.40. The minimum atomic E-state index is 0.361. The first-order chi connectivity index (χ1) is 33.2. The molecule has 0 atom stereocenters. The molecule has 0 aliphatic rings. The molecule has 0 N–H and O–H groups in total. The first-order valence-electron chi connectivity index (χ1n) is 21.9. The Hall–Kier alpha value is -9.48. The van der Waals surface area contributed by atoms with E-state index in [4.69, 9.17) is 39.4 Å². The maximum atomic E-state index is 6.69. The van der Waals surface area contributed by atoms with E-state index in [9.17, 15) is 0 Å². The highest BCUT2D eigenvalue weighted by molar-refractivity contribution is 6.13. The van der Waals surface area contributed by atoms with Crippen LogP contribution >= 0.6 is 0 Å². The molecule has 0 spiro atoms. The fourth-order valence-corrected chi connectivity index (χ4v) is 8.96. The van der Waals surface area contributed by atoms with Crippen molar-refractivity contribution in [2.45, 2.75) is 0 Å². The third kappa shape index (κ3) is 6.52. The summed E-state index contributed by atoms with van der Waals surface area (Å²) in [6.07, 6.45) is 0. The van der Waals surface area contributed by atoms with Gasteiger partial charge in [0.1, 0.15) is 0 Å². The SMILES string of the molecule is c1ccc(-c2nc(-c3ccccc3)nc(-n3c4ccccc4c4cc(-c5nnc(-c6cccc7c8ccccc8n(-c8nc(-c9ccccc9)nc(-c9ccccc9)n8)c67)o5)ccc43)n2)cc1. The van der Waals surface area contributed by atoms with E-state index in [2.05, 4.69) is 56.7 Å². The van der Waals surface area contributed by atoms with Crippen LogP contribution in [0.3, 0.4) is 0 Å². The summed E-state index contributed by atoms with van der Waals surface area (Å²) in [6, 6.07) is 68.8. The number of nitrogens with zero attached hydrogens (tertiary/aromatic N) is 10. The van der Waals surface area contributed by atoms with Crippen molar-refractivity contribution in [1.82, 2.24) is 49.2 Å². The third-order valence-corrected chi connectivity index (χ3v) is 12.0. The second-order valence-electron chi connectivity index (χ2n) is 16.1. The molecule has 67 heavy (non-hydrogen) atoms. The largest absolute Gasteiger partial charge is 0.416 e. The quantitative estimate of drug-likeness (QED) is 0.147. The lowest BCUT2D eigenvalue weighted by molar-refractivity contribution is 0.585. The number of benzene rings is 8. The van der Waals surface area contributed by atoms with Gasteiger partial charge < -0.3 is 4.42 Å². The summed E-state index contributed by atoms with van der Waals surface area (Å²) >= 11 is 0. The smallest absolute Gasteiger partial charge is 0.250 e. The number of rotatable bonds is 8. The van der Waals surface area contributed by atoms with Gasteiger partial charge in [0.2, 0.25) is 23.7 Å². The van der Waals surface area contributed by atoms with Gasteiger partial charge in [0.25, 0.3) is 0 Å². The van der Waals surface area contributed by atoms with Gasteiger partial charge in [-0.2, -0.15) is 19.9 Å². The van der Waals surface area contributed by atoms with E-state index < -0.39 is 0 Å². The summed E-state index contributed by atoms with van der Waals surface area (Å²) in [5, 5.41) is 13.4. The van der Waals surface area contributed by atoms with Crippen LogP contribution in [0, 0.1) is 0 Å². The third-order valence-electron chi connectivity index (χ3n) is 12.0. The molecule has 314 valence electrons. The van der Waals surface area contributed by atoms with E-state index in [-0.39, 0.29) is 0 Å². The molecule has 0 radical (unpaired) electrons. The summed E-state index contributed by atoms with van der Waals surface area (Å²) in [7, 11) is 0. The Bertz CT molecular complexity index is 3860. The second kappa shape index (κ2) is 15.6. The topological polar surface area (TPSA) is 126 Å². The van der Waals surface area contributed by atoms with Crippen molar-refractivity contribution in [2.75, 3.05) is 0 Å². The Morgan fingerprint density at radius 2 is 0.716 bits per heavy atom. The Balaban J connectivity index is 0.962. The van der Waals surface area contributed by atoms with Crippen LogP contribution in [-0.2, 0) is 0 Å². The van der Waals surface area contributed by atoms with Gasteiger partial charge in [-0.15, -0.1) is 10.2 Å². The zero-order valence-electron chi connectivity index (χ0n) is 35.5. The molecule has 0 fully saturated rings. The van der Waals surface area contributed by atoms with Gasteiger partial charge >= 0.3 is 0 Å². The van der Waals surface area contributed by atoms with E-state index in [1.165, 1.54) is 0 Å². The van der Waals surface area contributed by atoms with Crippen LogP contribution in [0.5, 0.6) is 0 Å². The average Bonchev–Trinajstić information content (AvgIpc) is 4.13. The van der Waals surface area contributed by atoms with Crippen LogP contribution in [-0.4, -0.2) is 49.2 Å². The fraction of sp³-hybridized carbons (Fsp3) is 0. The zero-order chi connectivity index (χ0) is 44.3. The molecular formula is C56H34N10O. The van der Waals surface area contributed by atoms with E-state index in [0.717, 1.165) is 77.0 Å². The maximum absolute atomic E-state index is 6.69. The minimum Gasteiger partial charge on any atom is -0.416 e. The molecule has 5 heterocycles. The maximum Gasteiger partial charge on any atom is 0.250 e. The van der Waals surface area contributed by atoms with E-state index in [1.54, 1.807) is 0 Å². The molecule has 0 bridgehead atoms. The average molecular weight is 863 g/mol. The number of hydrogen-bond acceptors (Lipinski definition) is 9. The van der Waals surface area contributed by atoms with Crippen LogP contribution in [0.4, 0.5) is 0 Å². The van der Waals surface area contributed by atoms with Crippen molar-refractivity contribution in [3.05, 3.63) is 206 Å². The fourth-order valence-electron chi connectivity index (χ4n) is 8.96. The molecule has 11 heteroatoms. The number of para-hydroxylation sites is 3. The molecule has 0 aliphatic heterocycles. The van der Waals surface area contributed by atoms with Gasteiger partial charge in [0.15, 0.2) is 23.3 Å². The van der Waals surface area contributed by atoms with Crippen molar-refractivity contribution >= 4 is 43.6 Å². The Labute approximate surface area is 382 Å². The summed E-state index contributed by atoms with van der Waals surface area (Å²) in [5.74, 6) is 4.02. The molecule has 0 aliphatic carbocycles. The van der Waals surface area contributed by atoms with Crippen LogP contribution in [0.25, 0.3) is 124 Å². The van der Waals surface area contributed by atoms with Crippen LogP contribution in [0.15, 0.2) is 211 Å². The first kappa shape index (κ1) is 38.0. The predicted octanol–water partition coefficient (Wildman–Crippen LogP) is 12.6. The summed E-state index contributed by atoms with van der Waals surface area (Å²) in [4.78, 5) is 30.3. The normalized spacial score (nSPS) is 11.6. The monoisotopic (exact) mass is 862 g/mol. The Morgan fingerprint density at radius 1 is 0.299 bits per heavy atom. The van der Waals surface area contributed by atoms with Gasteiger partial charge in [-0.05, 0) is 36.4 Å². The van der Waals surface area contributed by atoms with Crippen molar-refractivity contribution in [1.29, 1.82) is 0 Å². The lowest BCUT2D eigenvalue weighted by atomic mass is 10.1. The lowest BCUT2D eigenvalue weighted by Gasteiger charge is -2.11. The van der Waals surface area contributed by atoms with Gasteiger partial charge in [-0.1, -0.05) is 170 Å². The molecule has 0 unspecified atom stereocenters. The van der Waals surface area contributed by atoms with Gasteiger partial charge in [-0.25, -0.2) is 9.97 Å². The Kier molecular flexibility index (Phi) is 8.88. The molecule has 8 aromatic carbocycles. The van der Waals surface area contributed by atoms with Gasteiger partial charge in [0, 0.05) is 49.4 Å². The standard InChI is InChI=1S/C56H34N10O/c1-5-18-35(19-6-1)49-57-50(36-20-7-2-8-21-36)60-55(59-49)65-45-30-15-14-27-41(45)44-34-39(32-33-47(44)65)53-63-64-54(67-53)43-29-17-28-42-40-26-13-16-31-46(40)66(48(42)43)56-61-51(37-22-9-3-10-23-37)58-52(62-56)38-24-11-4-12-25-38/h1-34H. The first-order valence-corrected chi connectivity index (χ1v) is 21.9. The minimum absolute atomic E-state index is 0.361. The highest BCUT2D eigenvalue weighted by atomic mass is 16.4. The second-order valence-corrected chi connectivity index (χ2v) is 16.1. The molecular weight excluding hydrogens is 829 g/mol. The summed E-state index contributed by atoms with van der Waals surface area (Å²) in [6.45, 7) is 0. The van der Waals surface area contributed by atoms with Crippen molar-refractivity contribution in [3.63, 3.8) is 0 Å². The molecule has 5 aromatic heterocycles. The van der Waals surface area contributed by atoms with Crippen LogP contribution in [0.2, 0.25) is 0 Å². The van der Waals surface area contributed by atoms with Gasteiger partial charge in [-0.3, -0.25) is 9.13 Å². The van der Waals surface area contributed by atoms with Crippen molar-refractivity contribution < 1.29 is 4.42 Å². The van der Waals surface area contributed by atoms with E-state index in [1.807, 2.05) is 164 Å². The molecule has 0 saturated carbocycles. The molecule has 13 rings (SSSR count). The van der Waals surface area contributed by atoms with Crippen molar-refractivity contribution in [2.24, 2.45) is 0 Å². The number of aromatic nitrogens is 10. The Morgan fingerprint density at radius 3 is 1.25 bits per heavy atom. The lowest BCUT2D eigenvalue weighted by Crippen LogP contribution is -2.07. The van der Waals surface area contributed by atoms with Crippen LogP contribution in [0.1, 0.15) is 0 Å². The van der Waals surface area contributed by atoms with E-state index in [0.29, 0.717) is 47.0 Å². The number of fused-ring (bicyclic) bond motifs is 6. The zero-order valence-corrected chi connectivity index (χ0v) is 35.5. The summed E-state index contributed by atoms with van der Waals surface area (Å²) in [5.41, 5.74) is 8.72. The predicted molar refractivity (Wildman–Crippen MR) is 262 cm³/mol. The van der Waals surface area contributed by atoms with E-state index >= 15 is 0 Å². The molecule has 13 aromatic rings. The number of hydrogen-bond donors (Lipinski definition) is 0. The van der Waals surface area contributed by atoms with Gasteiger partial charge in [0.05, 0.1) is 27.6 Å². The van der Waals surface area contributed by atoms with Crippen LogP contribution < -0.4 is 0 Å². The molecule has 11 nitrogen and oxygen atoms in total. The highest BCUT2D eigenvalue weighted by Gasteiger charge is 2.24. The molecule has 0 saturated heterocycles. The summed E-state index contributed by atoms with van der Waals surface area (Å²) < 4.78 is 10.9. The van der Waals surface area contributed by atoms with Crippen molar-refractivity contribution in [3.8, 4) is 80.4 Å².